The van der Waals surface area contributed by atoms with E-state index in [1.165, 1.54) is 19.3 Å². The highest BCUT2D eigenvalue weighted by Crippen LogP contribution is 2.26. The Balaban J connectivity index is 1.50. The van der Waals surface area contributed by atoms with E-state index in [1.807, 2.05) is 37.7 Å². The number of aromatic amines is 2. The molecule has 0 aliphatic carbocycles. The summed E-state index contributed by atoms with van der Waals surface area (Å²) in [6.07, 6.45) is 13.3. The van der Waals surface area contributed by atoms with E-state index in [0.29, 0.717) is 5.82 Å². The van der Waals surface area contributed by atoms with Crippen molar-refractivity contribution in [2.24, 2.45) is 0 Å². The van der Waals surface area contributed by atoms with Gasteiger partial charge in [0.05, 0.1) is 10.9 Å². The number of aryl methyl sites for hydroxylation is 1. The molecule has 0 atom stereocenters. The smallest absolute Gasteiger partial charge is 0.159 e. The molecule has 7 heteroatoms. The van der Waals surface area contributed by atoms with Crippen LogP contribution in [0.15, 0.2) is 36.8 Å². The van der Waals surface area contributed by atoms with E-state index in [2.05, 4.69) is 55.7 Å². The number of rotatable bonds is 4. The number of imidazole rings is 1. The summed E-state index contributed by atoms with van der Waals surface area (Å²) >= 11 is 0. The van der Waals surface area contributed by atoms with E-state index in [1.54, 1.807) is 0 Å². The molecule has 0 bridgehead atoms. The third-order valence-corrected chi connectivity index (χ3v) is 5.99. The number of H-pyrrole nitrogens is 2. The summed E-state index contributed by atoms with van der Waals surface area (Å²) in [5.74, 6) is 1.65. The first-order valence-electron chi connectivity index (χ1n) is 11.0. The van der Waals surface area contributed by atoms with Crippen molar-refractivity contribution in [2.75, 3.05) is 18.0 Å². The monoisotopic (exact) mass is 425 g/mol. The Hall–Kier alpha value is -3.74. The van der Waals surface area contributed by atoms with Crippen molar-refractivity contribution < 1.29 is 0 Å². The minimum Gasteiger partial charge on any atom is -0.355 e. The summed E-state index contributed by atoms with van der Waals surface area (Å²) in [4.78, 5) is 19.5. The van der Waals surface area contributed by atoms with Crippen LogP contribution in [0.1, 0.15) is 37.3 Å². The summed E-state index contributed by atoms with van der Waals surface area (Å²) in [7, 11) is 0. The second-order valence-electron chi connectivity index (χ2n) is 8.40. The second-order valence-corrected chi connectivity index (χ2v) is 8.40. The highest BCUT2D eigenvalue weighted by Gasteiger charge is 2.18. The van der Waals surface area contributed by atoms with Crippen LogP contribution >= 0.6 is 0 Å². The van der Waals surface area contributed by atoms with E-state index < -0.39 is 0 Å². The Kier molecular flexibility index (Phi) is 5.31. The molecule has 162 valence electrons. The molecular weight excluding hydrogens is 398 g/mol. The molecule has 4 aromatic rings. The first-order chi connectivity index (χ1) is 15.6. The molecule has 1 aliphatic heterocycles. The van der Waals surface area contributed by atoms with Gasteiger partial charge in [-0.05, 0) is 68.0 Å². The van der Waals surface area contributed by atoms with Gasteiger partial charge in [-0.2, -0.15) is 5.10 Å². The lowest BCUT2D eigenvalue weighted by atomic mass is 10.1. The molecule has 4 aromatic heterocycles. The number of nitrogens with one attached hydrogen (secondary N) is 2. The van der Waals surface area contributed by atoms with E-state index in [4.69, 9.17) is 4.98 Å². The zero-order valence-electron chi connectivity index (χ0n) is 18.5. The van der Waals surface area contributed by atoms with Gasteiger partial charge in [-0.1, -0.05) is 12.7 Å². The van der Waals surface area contributed by atoms with E-state index in [-0.39, 0.29) is 0 Å². The quantitative estimate of drug-likeness (QED) is 0.524. The molecule has 0 aromatic carbocycles. The molecule has 2 N–H and O–H groups in total. The van der Waals surface area contributed by atoms with Gasteiger partial charge in [0.1, 0.15) is 11.2 Å². The van der Waals surface area contributed by atoms with Crippen LogP contribution in [-0.4, -0.2) is 43.2 Å². The third kappa shape index (κ3) is 3.82. The van der Waals surface area contributed by atoms with Gasteiger partial charge in [0, 0.05) is 36.9 Å². The molecule has 1 aliphatic rings. The maximum absolute atomic E-state index is 4.87. The zero-order chi connectivity index (χ0) is 22.1. The maximum Gasteiger partial charge on any atom is 0.159 e. The number of nitrogens with zero attached hydrogens (tertiary/aromatic N) is 5. The average molecular weight is 426 g/mol. The van der Waals surface area contributed by atoms with Crippen LogP contribution in [0.2, 0.25) is 0 Å². The predicted molar refractivity (Wildman–Crippen MR) is 129 cm³/mol. The molecule has 5 heterocycles. The van der Waals surface area contributed by atoms with Crippen molar-refractivity contribution in [1.82, 2.24) is 30.1 Å². The molecule has 1 fully saturated rings. The molecule has 1 saturated heterocycles. The van der Waals surface area contributed by atoms with Gasteiger partial charge in [-0.25, -0.2) is 9.97 Å². The van der Waals surface area contributed by atoms with Gasteiger partial charge in [0.25, 0.3) is 0 Å². The van der Waals surface area contributed by atoms with Crippen molar-refractivity contribution in [3.63, 3.8) is 0 Å². The number of fused-ring (bicyclic) bond motifs is 1. The zero-order valence-corrected chi connectivity index (χ0v) is 18.5. The standard InChI is InChI=1S/C25H27N7/c1-16-13-19(15-26-14-16)17(2)7-8-20-18(3)22(31-30-20)24-28-21-9-10-27-25(23(21)29-24)32-11-5-4-6-12-32/h7-10,13-15,30H,3-6,11-12H2,1-2H3,(H,28,29)/b17-7+,20-8+. The van der Waals surface area contributed by atoms with Gasteiger partial charge in [0.2, 0.25) is 0 Å². The number of pyridine rings is 2. The van der Waals surface area contributed by atoms with Crippen LogP contribution in [0.25, 0.3) is 40.8 Å². The van der Waals surface area contributed by atoms with Crippen molar-refractivity contribution in [3.8, 4) is 11.5 Å². The number of hydrogen-bond donors (Lipinski definition) is 2. The Morgan fingerprint density at radius 2 is 2.03 bits per heavy atom. The Morgan fingerprint density at radius 1 is 1.19 bits per heavy atom. The first kappa shape index (κ1) is 20.2. The molecule has 7 nitrogen and oxygen atoms in total. The summed E-state index contributed by atoms with van der Waals surface area (Å²) in [6.45, 7) is 10.4. The average Bonchev–Trinajstić information content (AvgIpc) is 3.41. The first-order valence-corrected chi connectivity index (χ1v) is 11.0. The van der Waals surface area contributed by atoms with Crippen molar-refractivity contribution in [1.29, 1.82) is 0 Å². The lowest BCUT2D eigenvalue weighted by Gasteiger charge is -2.27. The van der Waals surface area contributed by atoms with Crippen molar-refractivity contribution in [2.45, 2.75) is 33.1 Å². The number of allylic oxidation sites excluding steroid dienone is 2. The van der Waals surface area contributed by atoms with E-state index in [0.717, 1.165) is 62.9 Å². The van der Waals surface area contributed by atoms with E-state index >= 15 is 0 Å². The van der Waals surface area contributed by atoms with Gasteiger partial charge in [0.15, 0.2) is 11.6 Å². The summed E-state index contributed by atoms with van der Waals surface area (Å²) in [6, 6.07) is 4.09. The highest BCUT2D eigenvalue weighted by molar-refractivity contribution is 5.88. The maximum atomic E-state index is 4.87. The molecular formula is C25H27N7. The fraction of sp³-hybridized carbons (Fsp3) is 0.280. The molecule has 0 saturated carbocycles. The lowest BCUT2D eigenvalue weighted by molar-refractivity contribution is 0.574. The van der Waals surface area contributed by atoms with Crippen molar-refractivity contribution in [3.05, 3.63) is 58.5 Å². The topological polar surface area (TPSA) is 86.4 Å². The molecule has 0 radical (unpaired) electrons. The molecule has 0 spiro atoms. The largest absolute Gasteiger partial charge is 0.355 e. The minimum absolute atomic E-state index is 0.704. The van der Waals surface area contributed by atoms with E-state index in [9.17, 15) is 0 Å². The SMILES string of the molecule is C=c1c(-c2nc3c(N4CCCCC4)nccc3[nH]2)n[nH]/c1=C/C=C(\C)c1cncc(C)c1. The van der Waals surface area contributed by atoms with Crippen LogP contribution in [0.4, 0.5) is 5.82 Å². The number of aromatic nitrogens is 6. The lowest BCUT2D eigenvalue weighted by Crippen LogP contribution is -2.30. The van der Waals surface area contributed by atoms with Gasteiger partial charge < -0.3 is 9.88 Å². The number of anilines is 1. The predicted octanol–water partition coefficient (Wildman–Crippen LogP) is 3.34. The summed E-state index contributed by atoms with van der Waals surface area (Å²) < 4.78 is 0. The molecule has 0 amide bonds. The van der Waals surface area contributed by atoms with Crippen LogP contribution in [0, 0.1) is 6.92 Å². The number of hydrogen-bond acceptors (Lipinski definition) is 5. The fourth-order valence-corrected chi connectivity index (χ4v) is 4.16. The normalized spacial score (nSPS) is 15.6. The molecule has 5 rings (SSSR count). The minimum atomic E-state index is 0.704. The van der Waals surface area contributed by atoms with Crippen LogP contribution in [0.3, 0.4) is 0 Å². The van der Waals surface area contributed by atoms with Gasteiger partial charge >= 0.3 is 0 Å². The molecule has 32 heavy (non-hydrogen) atoms. The molecule has 0 unspecified atom stereocenters. The summed E-state index contributed by atoms with van der Waals surface area (Å²) in [5, 5.41) is 9.26. The Morgan fingerprint density at radius 3 is 2.84 bits per heavy atom. The van der Waals surface area contributed by atoms with Gasteiger partial charge in [-0.3, -0.25) is 10.1 Å². The van der Waals surface area contributed by atoms with Crippen LogP contribution < -0.4 is 15.5 Å². The second kappa shape index (κ2) is 8.42. The van der Waals surface area contributed by atoms with Crippen LogP contribution in [0.5, 0.6) is 0 Å². The highest BCUT2D eigenvalue weighted by atomic mass is 15.2. The van der Waals surface area contributed by atoms with Crippen molar-refractivity contribution >= 4 is 35.1 Å². The Labute approximate surface area is 186 Å². The number of piperidine rings is 1. The third-order valence-electron chi connectivity index (χ3n) is 5.99. The fourth-order valence-electron chi connectivity index (χ4n) is 4.16. The Bertz CT molecular complexity index is 1400. The van der Waals surface area contributed by atoms with Gasteiger partial charge in [-0.15, -0.1) is 0 Å². The summed E-state index contributed by atoms with van der Waals surface area (Å²) in [5.41, 5.74) is 5.94. The van der Waals surface area contributed by atoms with Crippen LogP contribution in [-0.2, 0) is 0 Å².